The van der Waals surface area contributed by atoms with E-state index in [1.165, 1.54) is 11.8 Å². The van der Waals surface area contributed by atoms with Crippen molar-refractivity contribution in [2.24, 2.45) is 0 Å². The minimum absolute atomic E-state index is 0.124. The van der Waals surface area contributed by atoms with E-state index in [1.54, 1.807) is 13.1 Å². The minimum Gasteiger partial charge on any atom is -0.477 e. The molecule has 6 heteroatoms. The molecular formula is C9H15N3O2S. The predicted molar refractivity (Wildman–Crippen MR) is 60.6 cm³/mol. The highest BCUT2D eigenvalue weighted by Crippen LogP contribution is 2.18. The zero-order valence-electron chi connectivity index (χ0n) is 8.86. The summed E-state index contributed by atoms with van der Waals surface area (Å²) in [6.07, 6.45) is 2.51. The van der Waals surface area contributed by atoms with Gasteiger partial charge in [0.25, 0.3) is 0 Å². The number of hydrogen-bond donors (Lipinski definition) is 2. The third-order valence-electron chi connectivity index (χ3n) is 1.67. The van der Waals surface area contributed by atoms with Crippen LogP contribution in [0.3, 0.4) is 0 Å². The van der Waals surface area contributed by atoms with Gasteiger partial charge in [-0.2, -0.15) is 4.98 Å². The summed E-state index contributed by atoms with van der Waals surface area (Å²) in [5.41, 5.74) is 0. The first-order valence-corrected chi connectivity index (χ1v) is 5.87. The van der Waals surface area contributed by atoms with Crippen molar-refractivity contribution in [1.29, 1.82) is 0 Å². The van der Waals surface area contributed by atoms with Crippen molar-refractivity contribution >= 4 is 17.6 Å². The Labute approximate surface area is 93.3 Å². The van der Waals surface area contributed by atoms with Gasteiger partial charge in [0.2, 0.25) is 5.88 Å². The monoisotopic (exact) mass is 229 g/mol. The van der Waals surface area contributed by atoms with Crippen molar-refractivity contribution in [3.05, 3.63) is 6.07 Å². The summed E-state index contributed by atoms with van der Waals surface area (Å²) in [5.74, 6) is 1.26. The largest absolute Gasteiger partial charge is 0.477 e. The van der Waals surface area contributed by atoms with E-state index in [0.717, 1.165) is 5.82 Å². The number of aliphatic hydroxyl groups excluding tert-OH is 1. The molecule has 1 aromatic heterocycles. The van der Waals surface area contributed by atoms with Gasteiger partial charge in [0.15, 0.2) is 5.16 Å². The minimum atomic E-state index is 0.124. The fourth-order valence-electron chi connectivity index (χ4n) is 0.938. The molecule has 0 unspecified atom stereocenters. The van der Waals surface area contributed by atoms with Crippen molar-refractivity contribution in [1.82, 2.24) is 9.97 Å². The van der Waals surface area contributed by atoms with Crippen LogP contribution in [0.2, 0.25) is 0 Å². The van der Waals surface area contributed by atoms with E-state index in [-0.39, 0.29) is 6.61 Å². The van der Waals surface area contributed by atoms with Crippen LogP contribution >= 0.6 is 11.8 Å². The number of nitrogens with one attached hydrogen (secondary N) is 1. The van der Waals surface area contributed by atoms with Gasteiger partial charge in [-0.3, -0.25) is 0 Å². The highest BCUT2D eigenvalue weighted by Gasteiger charge is 2.03. The summed E-state index contributed by atoms with van der Waals surface area (Å²) >= 11 is 1.46. The Kier molecular flexibility index (Phi) is 5.20. The van der Waals surface area contributed by atoms with Crippen molar-refractivity contribution in [2.75, 3.05) is 31.8 Å². The molecular weight excluding hydrogens is 214 g/mol. The second-order valence-corrected chi connectivity index (χ2v) is 3.53. The SMILES string of the molecule is CNc1cc(OCCCO)nc(SC)n1. The molecule has 0 amide bonds. The molecule has 2 N–H and O–H groups in total. The summed E-state index contributed by atoms with van der Waals surface area (Å²) in [5, 5.41) is 12.2. The Hall–Kier alpha value is -1.01. The first-order chi connectivity index (χ1) is 7.30. The van der Waals surface area contributed by atoms with Crippen LogP contribution in [0.15, 0.2) is 11.2 Å². The molecule has 0 aromatic carbocycles. The Balaban J connectivity index is 2.68. The maximum absolute atomic E-state index is 8.62. The lowest BCUT2D eigenvalue weighted by atomic mass is 10.5. The maximum atomic E-state index is 8.62. The van der Waals surface area contributed by atoms with E-state index < -0.39 is 0 Å². The molecule has 0 aliphatic carbocycles. The molecule has 0 saturated carbocycles. The van der Waals surface area contributed by atoms with Gasteiger partial charge in [0, 0.05) is 26.1 Å². The predicted octanol–water partition coefficient (Wildman–Crippen LogP) is 1.00. The first-order valence-electron chi connectivity index (χ1n) is 4.64. The second kappa shape index (κ2) is 6.47. The highest BCUT2D eigenvalue weighted by molar-refractivity contribution is 7.98. The lowest BCUT2D eigenvalue weighted by Gasteiger charge is -2.07. The molecule has 0 saturated heterocycles. The van der Waals surface area contributed by atoms with E-state index in [4.69, 9.17) is 9.84 Å². The van der Waals surface area contributed by atoms with Crippen LogP contribution < -0.4 is 10.1 Å². The number of anilines is 1. The number of aromatic nitrogens is 2. The normalized spacial score (nSPS) is 10.1. The number of aliphatic hydroxyl groups is 1. The van der Waals surface area contributed by atoms with E-state index in [2.05, 4.69) is 15.3 Å². The van der Waals surface area contributed by atoms with Crippen LogP contribution in [-0.4, -0.2) is 41.6 Å². The fourth-order valence-corrected chi connectivity index (χ4v) is 1.31. The van der Waals surface area contributed by atoms with Gasteiger partial charge in [-0.15, -0.1) is 0 Å². The number of rotatable bonds is 6. The van der Waals surface area contributed by atoms with Crippen molar-refractivity contribution in [2.45, 2.75) is 11.6 Å². The van der Waals surface area contributed by atoms with Gasteiger partial charge >= 0.3 is 0 Å². The van der Waals surface area contributed by atoms with Gasteiger partial charge < -0.3 is 15.2 Å². The summed E-state index contributed by atoms with van der Waals surface area (Å²) in [6, 6.07) is 1.73. The lowest BCUT2D eigenvalue weighted by Crippen LogP contribution is -2.04. The van der Waals surface area contributed by atoms with Crippen LogP contribution in [0.4, 0.5) is 5.82 Å². The molecule has 15 heavy (non-hydrogen) atoms. The smallest absolute Gasteiger partial charge is 0.219 e. The van der Waals surface area contributed by atoms with E-state index in [1.807, 2.05) is 6.26 Å². The van der Waals surface area contributed by atoms with Gasteiger partial charge in [-0.05, 0) is 6.26 Å². The molecule has 0 bridgehead atoms. The number of ether oxygens (including phenoxy) is 1. The zero-order chi connectivity index (χ0) is 11.1. The van der Waals surface area contributed by atoms with Crippen LogP contribution in [0.1, 0.15) is 6.42 Å². The van der Waals surface area contributed by atoms with Gasteiger partial charge in [0.1, 0.15) is 5.82 Å². The van der Waals surface area contributed by atoms with Crippen molar-refractivity contribution in [3.63, 3.8) is 0 Å². The standard InChI is InChI=1S/C9H15N3O2S/c1-10-7-6-8(14-5-3-4-13)12-9(11-7)15-2/h6,13H,3-5H2,1-2H3,(H,10,11,12). The fraction of sp³-hybridized carbons (Fsp3) is 0.556. The topological polar surface area (TPSA) is 67.3 Å². The quantitative estimate of drug-likeness (QED) is 0.431. The molecule has 0 spiro atoms. The second-order valence-electron chi connectivity index (χ2n) is 2.75. The van der Waals surface area contributed by atoms with Crippen LogP contribution in [0.5, 0.6) is 5.88 Å². The Bertz CT molecular complexity index is 287. The van der Waals surface area contributed by atoms with E-state index in [9.17, 15) is 0 Å². The van der Waals surface area contributed by atoms with E-state index >= 15 is 0 Å². The molecule has 1 heterocycles. The average molecular weight is 229 g/mol. The molecule has 84 valence electrons. The summed E-state index contributed by atoms with van der Waals surface area (Å²) in [4.78, 5) is 8.39. The Morgan fingerprint density at radius 1 is 1.53 bits per heavy atom. The maximum Gasteiger partial charge on any atom is 0.219 e. The van der Waals surface area contributed by atoms with Gasteiger partial charge in [-0.1, -0.05) is 11.8 Å². The van der Waals surface area contributed by atoms with Crippen LogP contribution in [-0.2, 0) is 0 Å². The molecule has 1 rings (SSSR count). The summed E-state index contributed by atoms with van der Waals surface area (Å²) < 4.78 is 5.37. The molecule has 0 radical (unpaired) electrons. The number of nitrogens with zero attached hydrogens (tertiary/aromatic N) is 2. The number of thioether (sulfide) groups is 1. The van der Waals surface area contributed by atoms with Crippen LogP contribution in [0.25, 0.3) is 0 Å². The molecule has 0 fully saturated rings. The van der Waals surface area contributed by atoms with Crippen molar-refractivity contribution < 1.29 is 9.84 Å². The summed E-state index contributed by atoms with van der Waals surface area (Å²) in [7, 11) is 1.80. The third kappa shape index (κ3) is 3.93. The summed E-state index contributed by atoms with van der Waals surface area (Å²) in [6.45, 7) is 0.587. The Morgan fingerprint density at radius 3 is 2.93 bits per heavy atom. The van der Waals surface area contributed by atoms with E-state index in [0.29, 0.717) is 24.1 Å². The molecule has 1 aromatic rings. The third-order valence-corrected chi connectivity index (χ3v) is 2.22. The van der Waals surface area contributed by atoms with Gasteiger partial charge in [0.05, 0.1) is 6.61 Å². The van der Waals surface area contributed by atoms with Crippen molar-refractivity contribution in [3.8, 4) is 5.88 Å². The Morgan fingerprint density at radius 2 is 2.33 bits per heavy atom. The zero-order valence-corrected chi connectivity index (χ0v) is 9.67. The number of hydrogen-bond acceptors (Lipinski definition) is 6. The molecule has 0 atom stereocenters. The average Bonchev–Trinajstić information content (AvgIpc) is 2.29. The molecule has 0 aliphatic heterocycles. The first kappa shape index (κ1) is 12.1. The highest BCUT2D eigenvalue weighted by atomic mass is 32.2. The molecule has 5 nitrogen and oxygen atoms in total. The molecule has 0 aliphatic rings. The van der Waals surface area contributed by atoms with Crippen LogP contribution in [0, 0.1) is 0 Å². The van der Waals surface area contributed by atoms with Gasteiger partial charge in [-0.25, -0.2) is 4.98 Å². The lowest BCUT2D eigenvalue weighted by molar-refractivity contribution is 0.228.